The summed E-state index contributed by atoms with van der Waals surface area (Å²) in [6, 6.07) is 4.92. The number of benzene rings is 1. The third-order valence-corrected chi connectivity index (χ3v) is 4.10. The van der Waals surface area contributed by atoms with Gasteiger partial charge in [0.1, 0.15) is 0 Å². The first-order valence-corrected chi connectivity index (χ1v) is 6.97. The number of amides is 1. The van der Waals surface area contributed by atoms with Crippen LogP contribution in [0, 0.1) is 0 Å². The Morgan fingerprint density at radius 3 is 2.85 bits per heavy atom. The minimum absolute atomic E-state index is 0. The third-order valence-electron chi connectivity index (χ3n) is 3.61. The van der Waals surface area contributed by atoms with Gasteiger partial charge in [-0.05, 0) is 30.2 Å². The van der Waals surface area contributed by atoms with Crippen molar-refractivity contribution in [2.45, 2.75) is 24.8 Å². The van der Waals surface area contributed by atoms with Crippen LogP contribution in [-0.2, 0) is 11.2 Å². The number of nitrogens with zero attached hydrogens (tertiary/aromatic N) is 1. The molecule has 0 spiro atoms. The number of carbonyl (C=O) groups is 1. The monoisotopic (exact) mass is 366 g/mol. The van der Waals surface area contributed by atoms with Gasteiger partial charge in [0.15, 0.2) is 0 Å². The molecule has 1 amide bonds. The molecule has 0 bridgehead atoms. The minimum atomic E-state index is -2.78. The van der Waals surface area contributed by atoms with Crippen molar-refractivity contribution in [3.63, 3.8) is 0 Å². The summed E-state index contributed by atoms with van der Waals surface area (Å²) in [6.07, 6.45) is 0.359. The fourth-order valence-corrected chi connectivity index (χ4v) is 3.09. The predicted octanol–water partition coefficient (Wildman–Crippen LogP) is 2.76. The molecular formula is C13H14BrClF2N2O. The van der Waals surface area contributed by atoms with Crippen molar-refractivity contribution in [3.8, 4) is 0 Å². The molecular weight excluding hydrogens is 354 g/mol. The van der Waals surface area contributed by atoms with Crippen molar-refractivity contribution in [2.24, 2.45) is 0 Å². The summed E-state index contributed by atoms with van der Waals surface area (Å²) < 4.78 is 27.3. The molecule has 2 aliphatic rings. The van der Waals surface area contributed by atoms with Gasteiger partial charge in [-0.25, -0.2) is 8.78 Å². The van der Waals surface area contributed by atoms with Crippen LogP contribution in [0.3, 0.4) is 0 Å². The van der Waals surface area contributed by atoms with Crippen LogP contribution < -0.4 is 10.2 Å². The highest BCUT2D eigenvalue weighted by Gasteiger charge is 2.44. The van der Waals surface area contributed by atoms with Gasteiger partial charge in [-0.1, -0.05) is 15.9 Å². The van der Waals surface area contributed by atoms with E-state index in [-0.39, 0.29) is 18.3 Å². The first-order valence-electron chi connectivity index (χ1n) is 6.17. The molecule has 7 heteroatoms. The first kappa shape index (κ1) is 15.7. The average molecular weight is 368 g/mol. The molecule has 0 radical (unpaired) electrons. The topological polar surface area (TPSA) is 32.3 Å². The number of halogens is 4. The Bertz CT molecular complexity index is 541. The van der Waals surface area contributed by atoms with E-state index in [0.29, 0.717) is 6.54 Å². The number of carbonyl (C=O) groups excluding carboxylic acids is 1. The fourth-order valence-electron chi connectivity index (χ4n) is 2.68. The predicted molar refractivity (Wildman–Crippen MR) is 78.8 cm³/mol. The lowest BCUT2D eigenvalue weighted by atomic mass is 10.1. The molecule has 1 fully saturated rings. The summed E-state index contributed by atoms with van der Waals surface area (Å²) in [5.41, 5.74) is 1.91. The maximum atomic E-state index is 13.2. The Balaban J connectivity index is 0.00000147. The van der Waals surface area contributed by atoms with Crippen molar-refractivity contribution in [1.29, 1.82) is 0 Å². The number of anilines is 1. The standard InChI is InChI=1S/C13H13BrF2N2O.ClH/c14-9-1-2-11-8(5-9)3-4-18(11)12(19)10-6-13(15,16)7-17-10;/h1-2,5,10,17H,3-4,6-7H2;1H. The molecule has 3 rings (SSSR count). The number of hydrogen-bond donors (Lipinski definition) is 1. The number of rotatable bonds is 1. The van der Waals surface area contributed by atoms with E-state index < -0.39 is 24.9 Å². The van der Waals surface area contributed by atoms with Crippen LogP contribution in [0.4, 0.5) is 14.5 Å². The molecule has 1 aromatic carbocycles. The second kappa shape index (κ2) is 5.58. The van der Waals surface area contributed by atoms with E-state index in [9.17, 15) is 13.6 Å². The second-order valence-electron chi connectivity index (χ2n) is 5.01. The number of hydrogen-bond acceptors (Lipinski definition) is 2. The highest BCUT2D eigenvalue weighted by molar-refractivity contribution is 9.10. The number of nitrogens with one attached hydrogen (secondary N) is 1. The maximum absolute atomic E-state index is 13.2. The highest BCUT2D eigenvalue weighted by atomic mass is 79.9. The molecule has 20 heavy (non-hydrogen) atoms. The van der Waals surface area contributed by atoms with Crippen LogP contribution in [0.25, 0.3) is 0 Å². The molecule has 1 aromatic rings. The zero-order valence-electron chi connectivity index (χ0n) is 10.5. The molecule has 110 valence electrons. The molecule has 1 N–H and O–H groups in total. The van der Waals surface area contributed by atoms with Crippen LogP contribution >= 0.6 is 28.3 Å². The zero-order chi connectivity index (χ0) is 13.6. The van der Waals surface area contributed by atoms with Gasteiger partial charge in [0.25, 0.3) is 5.92 Å². The Kier molecular flexibility index (Phi) is 4.37. The van der Waals surface area contributed by atoms with Gasteiger partial charge in [0.2, 0.25) is 5.91 Å². The molecule has 1 unspecified atom stereocenters. The van der Waals surface area contributed by atoms with Crippen LogP contribution in [0.2, 0.25) is 0 Å². The summed E-state index contributed by atoms with van der Waals surface area (Å²) in [7, 11) is 0. The first-order chi connectivity index (χ1) is 8.96. The Morgan fingerprint density at radius 2 is 2.20 bits per heavy atom. The van der Waals surface area contributed by atoms with E-state index in [2.05, 4.69) is 21.2 Å². The van der Waals surface area contributed by atoms with E-state index in [1.807, 2.05) is 18.2 Å². The summed E-state index contributed by atoms with van der Waals surface area (Å²) in [5.74, 6) is -3.03. The average Bonchev–Trinajstić information content (AvgIpc) is 2.91. The molecule has 2 heterocycles. The molecule has 2 aliphatic heterocycles. The quantitative estimate of drug-likeness (QED) is 0.828. The van der Waals surface area contributed by atoms with Crippen molar-refractivity contribution < 1.29 is 13.6 Å². The lowest BCUT2D eigenvalue weighted by Crippen LogP contribution is -2.42. The second-order valence-corrected chi connectivity index (χ2v) is 5.92. The summed E-state index contributed by atoms with van der Waals surface area (Å²) >= 11 is 3.39. The fraction of sp³-hybridized carbons (Fsp3) is 0.462. The largest absolute Gasteiger partial charge is 0.310 e. The van der Waals surface area contributed by atoms with Crippen molar-refractivity contribution in [3.05, 3.63) is 28.2 Å². The Morgan fingerprint density at radius 1 is 1.45 bits per heavy atom. The number of alkyl halides is 2. The lowest BCUT2D eigenvalue weighted by molar-refractivity contribution is -0.120. The lowest BCUT2D eigenvalue weighted by Gasteiger charge is -2.21. The molecule has 1 saturated heterocycles. The Hall–Kier alpha value is -0.720. The van der Waals surface area contributed by atoms with E-state index >= 15 is 0 Å². The van der Waals surface area contributed by atoms with Crippen LogP contribution in [0.1, 0.15) is 12.0 Å². The summed E-state index contributed by atoms with van der Waals surface area (Å²) in [5, 5.41) is 2.62. The van der Waals surface area contributed by atoms with Crippen molar-refractivity contribution >= 4 is 39.9 Å². The van der Waals surface area contributed by atoms with E-state index in [4.69, 9.17) is 0 Å². The van der Waals surface area contributed by atoms with Crippen LogP contribution in [0.5, 0.6) is 0 Å². The SMILES string of the molecule is Cl.O=C(C1CC(F)(F)CN1)N1CCc2cc(Br)ccc21. The maximum Gasteiger partial charge on any atom is 0.262 e. The summed E-state index contributed by atoms with van der Waals surface area (Å²) in [6.45, 7) is 0.152. The van der Waals surface area contributed by atoms with Crippen molar-refractivity contribution in [2.75, 3.05) is 18.0 Å². The van der Waals surface area contributed by atoms with Gasteiger partial charge >= 0.3 is 0 Å². The summed E-state index contributed by atoms with van der Waals surface area (Å²) in [4.78, 5) is 13.9. The van der Waals surface area contributed by atoms with E-state index in [1.165, 1.54) is 0 Å². The smallest absolute Gasteiger partial charge is 0.262 e. The highest BCUT2D eigenvalue weighted by Crippen LogP contribution is 2.33. The van der Waals surface area contributed by atoms with Gasteiger partial charge in [-0.15, -0.1) is 12.4 Å². The van der Waals surface area contributed by atoms with Gasteiger partial charge in [-0.2, -0.15) is 0 Å². The van der Waals surface area contributed by atoms with Gasteiger partial charge in [0.05, 0.1) is 12.6 Å². The number of fused-ring (bicyclic) bond motifs is 1. The normalized spacial score (nSPS) is 23.4. The molecule has 0 aromatic heterocycles. The van der Waals surface area contributed by atoms with Crippen LogP contribution in [-0.4, -0.2) is 31.0 Å². The molecule has 3 nitrogen and oxygen atoms in total. The Labute approximate surface area is 130 Å². The van der Waals surface area contributed by atoms with Crippen molar-refractivity contribution in [1.82, 2.24) is 5.32 Å². The minimum Gasteiger partial charge on any atom is -0.310 e. The van der Waals surface area contributed by atoms with Crippen LogP contribution in [0.15, 0.2) is 22.7 Å². The van der Waals surface area contributed by atoms with Gasteiger partial charge in [0, 0.05) is 23.1 Å². The molecule has 1 atom stereocenters. The zero-order valence-corrected chi connectivity index (χ0v) is 12.9. The molecule has 0 saturated carbocycles. The van der Waals surface area contributed by atoms with E-state index in [1.54, 1.807) is 4.90 Å². The van der Waals surface area contributed by atoms with Gasteiger partial charge < -0.3 is 4.90 Å². The third kappa shape index (κ3) is 2.82. The van der Waals surface area contributed by atoms with Gasteiger partial charge in [-0.3, -0.25) is 10.1 Å². The molecule has 0 aliphatic carbocycles. The van der Waals surface area contributed by atoms with E-state index in [0.717, 1.165) is 22.1 Å².